The highest BCUT2D eigenvalue weighted by Gasteiger charge is 2.03. The minimum absolute atomic E-state index is 0.0109. The number of rotatable bonds is 4. The molecule has 0 atom stereocenters. The van der Waals surface area contributed by atoms with Crippen molar-refractivity contribution in [3.63, 3.8) is 0 Å². The van der Waals surface area contributed by atoms with E-state index in [9.17, 15) is 4.79 Å². The lowest BCUT2D eigenvalue weighted by Gasteiger charge is -2.08. The molecule has 98 valence electrons. The highest BCUT2D eigenvalue weighted by atomic mass is 16.5. The van der Waals surface area contributed by atoms with Crippen molar-refractivity contribution >= 4 is 11.6 Å². The zero-order chi connectivity index (χ0) is 13.7. The van der Waals surface area contributed by atoms with Gasteiger partial charge in [0.2, 0.25) is 0 Å². The highest BCUT2D eigenvalue weighted by Crippen LogP contribution is 2.12. The van der Waals surface area contributed by atoms with E-state index in [2.05, 4.69) is 5.32 Å². The number of ether oxygens (including phenoxy) is 1. The van der Waals surface area contributed by atoms with Gasteiger partial charge in [0.1, 0.15) is 5.75 Å². The maximum atomic E-state index is 11.7. The SMILES string of the molecule is Cc1ccc(NC(=O)COc2ccc(C)cc2)cc1. The number of aryl methyl sites for hydroxylation is 2. The zero-order valence-electron chi connectivity index (χ0n) is 11.1. The van der Waals surface area contributed by atoms with Gasteiger partial charge in [-0.2, -0.15) is 0 Å². The van der Waals surface area contributed by atoms with Crippen molar-refractivity contribution in [3.8, 4) is 5.75 Å². The van der Waals surface area contributed by atoms with Crippen LogP contribution in [0.2, 0.25) is 0 Å². The number of carbonyl (C=O) groups is 1. The van der Waals surface area contributed by atoms with Crippen molar-refractivity contribution in [2.24, 2.45) is 0 Å². The number of anilines is 1. The summed E-state index contributed by atoms with van der Waals surface area (Å²) < 4.78 is 5.41. The Kier molecular flexibility index (Phi) is 4.18. The van der Waals surface area contributed by atoms with Gasteiger partial charge in [-0.3, -0.25) is 4.79 Å². The third-order valence-corrected chi connectivity index (χ3v) is 2.73. The normalized spacial score (nSPS) is 10.0. The Morgan fingerprint density at radius 2 is 1.47 bits per heavy atom. The van der Waals surface area contributed by atoms with Gasteiger partial charge in [0.05, 0.1) is 0 Å². The molecule has 0 fully saturated rings. The van der Waals surface area contributed by atoms with E-state index in [-0.39, 0.29) is 12.5 Å². The summed E-state index contributed by atoms with van der Waals surface area (Å²) in [5.41, 5.74) is 3.11. The number of hydrogen-bond acceptors (Lipinski definition) is 2. The Morgan fingerprint density at radius 1 is 0.947 bits per heavy atom. The van der Waals surface area contributed by atoms with E-state index in [0.717, 1.165) is 16.8 Å². The maximum Gasteiger partial charge on any atom is 0.262 e. The number of amides is 1. The van der Waals surface area contributed by atoms with Gasteiger partial charge in [0, 0.05) is 5.69 Å². The molecule has 1 N–H and O–H groups in total. The number of carbonyl (C=O) groups excluding carboxylic acids is 1. The van der Waals surface area contributed by atoms with E-state index in [0.29, 0.717) is 5.75 Å². The van der Waals surface area contributed by atoms with Crippen LogP contribution in [0.4, 0.5) is 5.69 Å². The van der Waals surface area contributed by atoms with Crippen molar-refractivity contribution in [3.05, 3.63) is 59.7 Å². The van der Waals surface area contributed by atoms with Crippen LogP contribution in [0.3, 0.4) is 0 Å². The van der Waals surface area contributed by atoms with Crippen LogP contribution in [-0.2, 0) is 4.79 Å². The maximum absolute atomic E-state index is 11.7. The molecule has 0 heterocycles. The number of hydrogen-bond donors (Lipinski definition) is 1. The molecule has 0 aliphatic heterocycles. The van der Waals surface area contributed by atoms with Gasteiger partial charge in [-0.05, 0) is 38.1 Å². The first-order chi connectivity index (χ1) is 9.13. The molecule has 0 saturated carbocycles. The van der Waals surface area contributed by atoms with Crippen LogP contribution < -0.4 is 10.1 Å². The lowest BCUT2D eigenvalue weighted by Crippen LogP contribution is -2.20. The predicted molar refractivity (Wildman–Crippen MR) is 76.5 cm³/mol. The Labute approximate surface area is 113 Å². The van der Waals surface area contributed by atoms with Crippen molar-refractivity contribution in [1.29, 1.82) is 0 Å². The fourth-order valence-corrected chi connectivity index (χ4v) is 1.62. The summed E-state index contributed by atoms with van der Waals surface area (Å²) >= 11 is 0. The van der Waals surface area contributed by atoms with Crippen LogP contribution in [0.5, 0.6) is 5.75 Å². The molecule has 2 aromatic rings. The minimum atomic E-state index is -0.163. The summed E-state index contributed by atoms with van der Waals surface area (Å²) in [4.78, 5) is 11.7. The van der Waals surface area contributed by atoms with Gasteiger partial charge in [-0.15, -0.1) is 0 Å². The number of nitrogens with one attached hydrogen (secondary N) is 1. The molecule has 1 amide bonds. The Hall–Kier alpha value is -2.29. The zero-order valence-corrected chi connectivity index (χ0v) is 11.1. The lowest BCUT2D eigenvalue weighted by atomic mass is 10.2. The minimum Gasteiger partial charge on any atom is -0.484 e. The quantitative estimate of drug-likeness (QED) is 0.910. The van der Waals surface area contributed by atoms with Gasteiger partial charge >= 0.3 is 0 Å². The molecule has 0 radical (unpaired) electrons. The highest BCUT2D eigenvalue weighted by molar-refractivity contribution is 5.91. The van der Waals surface area contributed by atoms with Crippen LogP contribution in [0.15, 0.2) is 48.5 Å². The average molecular weight is 255 g/mol. The fraction of sp³-hybridized carbons (Fsp3) is 0.188. The first-order valence-electron chi connectivity index (χ1n) is 6.19. The summed E-state index contributed by atoms with van der Waals surface area (Å²) in [6.07, 6.45) is 0. The van der Waals surface area contributed by atoms with E-state index in [1.807, 2.05) is 62.4 Å². The van der Waals surface area contributed by atoms with Crippen molar-refractivity contribution in [1.82, 2.24) is 0 Å². The number of benzene rings is 2. The van der Waals surface area contributed by atoms with Crippen LogP contribution >= 0.6 is 0 Å². The lowest BCUT2D eigenvalue weighted by molar-refractivity contribution is -0.118. The second-order valence-electron chi connectivity index (χ2n) is 4.52. The molecule has 2 rings (SSSR count). The van der Waals surface area contributed by atoms with Crippen molar-refractivity contribution in [2.75, 3.05) is 11.9 Å². The molecule has 19 heavy (non-hydrogen) atoms. The van der Waals surface area contributed by atoms with Crippen LogP contribution in [0.1, 0.15) is 11.1 Å². The summed E-state index contributed by atoms with van der Waals surface area (Å²) in [6.45, 7) is 4.02. The molecule has 0 aromatic heterocycles. The van der Waals surface area contributed by atoms with Crippen LogP contribution in [0, 0.1) is 13.8 Å². The Morgan fingerprint density at radius 3 is 2.05 bits per heavy atom. The van der Waals surface area contributed by atoms with E-state index >= 15 is 0 Å². The second-order valence-corrected chi connectivity index (χ2v) is 4.52. The molecule has 0 spiro atoms. The third-order valence-electron chi connectivity index (χ3n) is 2.73. The fourth-order valence-electron chi connectivity index (χ4n) is 1.62. The molecule has 0 bridgehead atoms. The molecule has 0 aliphatic rings. The van der Waals surface area contributed by atoms with E-state index in [1.165, 1.54) is 0 Å². The van der Waals surface area contributed by atoms with Gasteiger partial charge < -0.3 is 10.1 Å². The molecule has 0 unspecified atom stereocenters. The third kappa shape index (κ3) is 4.14. The Balaban J connectivity index is 1.84. The summed E-state index contributed by atoms with van der Waals surface area (Å²) in [6, 6.07) is 15.3. The molecule has 2 aromatic carbocycles. The first-order valence-corrected chi connectivity index (χ1v) is 6.19. The van der Waals surface area contributed by atoms with Crippen LogP contribution in [-0.4, -0.2) is 12.5 Å². The molecule has 0 aliphatic carbocycles. The largest absolute Gasteiger partial charge is 0.484 e. The topological polar surface area (TPSA) is 38.3 Å². The predicted octanol–water partition coefficient (Wildman–Crippen LogP) is 3.32. The molecular weight excluding hydrogens is 238 g/mol. The molecule has 0 saturated heterocycles. The second kappa shape index (κ2) is 6.05. The monoisotopic (exact) mass is 255 g/mol. The van der Waals surface area contributed by atoms with E-state index < -0.39 is 0 Å². The smallest absolute Gasteiger partial charge is 0.262 e. The van der Waals surface area contributed by atoms with E-state index in [1.54, 1.807) is 0 Å². The Bertz CT molecular complexity index is 544. The van der Waals surface area contributed by atoms with Crippen molar-refractivity contribution < 1.29 is 9.53 Å². The summed E-state index contributed by atoms with van der Waals surface area (Å²) in [5, 5.41) is 2.79. The molecule has 3 nitrogen and oxygen atoms in total. The summed E-state index contributed by atoms with van der Waals surface area (Å²) in [7, 11) is 0. The molecule has 3 heteroatoms. The van der Waals surface area contributed by atoms with Gasteiger partial charge in [0.25, 0.3) is 5.91 Å². The van der Waals surface area contributed by atoms with Gasteiger partial charge in [-0.25, -0.2) is 0 Å². The standard InChI is InChI=1S/C16H17NO2/c1-12-3-7-14(8-4-12)17-16(18)11-19-15-9-5-13(2)6-10-15/h3-10H,11H2,1-2H3,(H,17,18). The van der Waals surface area contributed by atoms with Gasteiger partial charge in [-0.1, -0.05) is 35.4 Å². The molecular formula is C16H17NO2. The van der Waals surface area contributed by atoms with Gasteiger partial charge in [0.15, 0.2) is 6.61 Å². The van der Waals surface area contributed by atoms with Crippen LogP contribution in [0.25, 0.3) is 0 Å². The summed E-state index contributed by atoms with van der Waals surface area (Å²) in [5.74, 6) is 0.536. The van der Waals surface area contributed by atoms with E-state index in [4.69, 9.17) is 4.74 Å². The average Bonchev–Trinajstić information content (AvgIpc) is 2.41. The first kappa shape index (κ1) is 13.1. The van der Waals surface area contributed by atoms with Crippen molar-refractivity contribution in [2.45, 2.75) is 13.8 Å².